The lowest BCUT2D eigenvalue weighted by Gasteiger charge is -2.21. The maximum absolute atomic E-state index is 14.7. The normalized spacial score (nSPS) is 14.2. The van der Waals surface area contributed by atoms with Crippen LogP contribution in [0.3, 0.4) is 0 Å². The van der Waals surface area contributed by atoms with Crippen LogP contribution in [-0.2, 0) is 11.4 Å². The van der Waals surface area contributed by atoms with Crippen LogP contribution in [0.2, 0.25) is 0 Å². The van der Waals surface area contributed by atoms with E-state index < -0.39 is 11.8 Å². The summed E-state index contributed by atoms with van der Waals surface area (Å²) in [5.41, 5.74) is 1.91. The van der Waals surface area contributed by atoms with E-state index in [-0.39, 0.29) is 29.9 Å². The van der Waals surface area contributed by atoms with Gasteiger partial charge in [-0.3, -0.25) is 9.78 Å². The Bertz CT molecular complexity index is 1260. The zero-order valence-electron chi connectivity index (χ0n) is 21.5. The van der Waals surface area contributed by atoms with Gasteiger partial charge in [-0.15, -0.1) is 0 Å². The van der Waals surface area contributed by atoms with Crippen molar-refractivity contribution in [2.75, 3.05) is 13.7 Å². The fourth-order valence-electron chi connectivity index (χ4n) is 3.98. The summed E-state index contributed by atoms with van der Waals surface area (Å²) in [5.74, 6) is 0.189. The van der Waals surface area contributed by atoms with Crippen molar-refractivity contribution in [2.45, 2.75) is 52.6 Å². The van der Waals surface area contributed by atoms with Gasteiger partial charge in [-0.05, 0) is 48.4 Å². The van der Waals surface area contributed by atoms with Crippen LogP contribution in [0.25, 0.3) is 11.3 Å². The standard InChI is InChI=1S/C28H32FN3O5/c1-28(2,3)15-37-24-9-17(13-30-27(24)21-10-19(35-4)7-8-22(21)29)14-36-25-12-23(31-16-32-25)20(11-26(33)34)18-5-6-18/h7-10,12-13,16,18,20H,5-6,11,14-15H2,1-4H3,(H,33,34). The number of hydrogen-bond donors (Lipinski definition) is 1. The van der Waals surface area contributed by atoms with E-state index in [1.165, 1.54) is 19.5 Å². The fourth-order valence-corrected chi connectivity index (χ4v) is 3.98. The molecule has 1 unspecified atom stereocenters. The van der Waals surface area contributed by atoms with Gasteiger partial charge < -0.3 is 19.3 Å². The Morgan fingerprint density at radius 3 is 2.59 bits per heavy atom. The average Bonchev–Trinajstić information content (AvgIpc) is 3.70. The van der Waals surface area contributed by atoms with E-state index in [4.69, 9.17) is 14.2 Å². The smallest absolute Gasteiger partial charge is 0.304 e. The van der Waals surface area contributed by atoms with Crippen LogP contribution in [0.1, 0.15) is 57.2 Å². The molecule has 1 atom stereocenters. The number of ether oxygens (including phenoxy) is 3. The molecule has 0 amide bonds. The van der Waals surface area contributed by atoms with Gasteiger partial charge in [-0.25, -0.2) is 14.4 Å². The summed E-state index contributed by atoms with van der Waals surface area (Å²) in [7, 11) is 1.52. The molecule has 1 saturated carbocycles. The number of benzene rings is 1. The van der Waals surface area contributed by atoms with Crippen LogP contribution in [0.4, 0.5) is 4.39 Å². The highest BCUT2D eigenvalue weighted by Crippen LogP contribution is 2.44. The third kappa shape index (κ3) is 7.15. The van der Waals surface area contributed by atoms with E-state index in [1.807, 2.05) is 20.8 Å². The van der Waals surface area contributed by atoms with Gasteiger partial charge in [0.1, 0.15) is 35.9 Å². The first-order valence-electron chi connectivity index (χ1n) is 12.2. The van der Waals surface area contributed by atoms with Gasteiger partial charge in [-0.2, -0.15) is 0 Å². The number of nitrogens with zero attached hydrogens (tertiary/aromatic N) is 3. The van der Waals surface area contributed by atoms with E-state index in [0.29, 0.717) is 46.9 Å². The SMILES string of the molecule is COc1ccc(F)c(-c2ncc(COc3cc(C(CC(=O)O)C4CC4)ncn3)cc2OCC(C)(C)C)c1. The molecule has 196 valence electrons. The Hall–Kier alpha value is -3.75. The zero-order valence-corrected chi connectivity index (χ0v) is 21.5. The molecule has 8 nitrogen and oxygen atoms in total. The minimum absolute atomic E-state index is 0.0296. The number of rotatable bonds is 11. The largest absolute Gasteiger partial charge is 0.497 e. The molecule has 0 saturated heterocycles. The van der Waals surface area contributed by atoms with Gasteiger partial charge in [0.05, 0.1) is 25.8 Å². The van der Waals surface area contributed by atoms with Crippen molar-refractivity contribution in [3.8, 4) is 28.6 Å². The van der Waals surface area contributed by atoms with Crippen LogP contribution < -0.4 is 14.2 Å². The van der Waals surface area contributed by atoms with E-state index >= 15 is 0 Å². The van der Waals surface area contributed by atoms with Crippen LogP contribution in [0.15, 0.2) is 42.9 Å². The summed E-state index contributed by atoms with van der Waals surface area (Å²) in [4.78, 5) is 24.3. The van der Waals surface area contributed by atoms with Crippen LogP contribution in [-0.4, -0.2) is 39.7 Å². The number of carboxylic acid groups (broad SMARTS) is 1. The first kappa shape index (κ1) is 26.3. The van der Waals surface area contributed by atoms with Crippen LogP contribution in [0.5, 0.6) is 17.4 Å². The molecule has 0 radical (unpaired) electrons. The summed E-state index contributed by atoms with van der Waals surface area (Å²) < 4.78 is 32.0. The Labute approximate surface area is 215 Å². The number of aliphatic carboxylic acids is 1. The molecule has 0 aliphatic heterocycles. The molecule has 37 heavy (non-hydrogen) atoms. The number of carboxylic acids is 1. The molecule has 1 N–H and O–H groups in total. The summed E-state index contributed by atoms with van der Waals surface area (Å²) in [6.45, 7) is 6.68. The van der Waals surface area contributed by atoms with Gasteiger partial charge in [0.25, 0.3) is 0 Å². The van der Waals surface area contributed by atoms with Gasteiger partial charge in [0, 0.05) is 29.3 Å². The van der Waals surface area contributed by atoms with Gasteiger partial charge in [-0.1, -0.05) is 20.8 Å². The quantitative estimate of drug-likeness (QED) is 0.353. The van der Waals surface area contributed by atoms with Crippen molar-refractivity contribution in [1.82, 2.24) is 15.0 Å². The van der Waals surface area contributed by atoms with Crippen LogP contribution >= 0.6 is 0 Å². The maximum atomic E-state index is 14.7. The first-order chi connectivity index (χ1) is 17.6. The monoisotopic (exact) mass is 509 g/mol. The van der Waals surface area contributed by atoms with E-state index in [9.17, 15) is 14.3 Å². The summed E-state index contributed by atoms with van der Waals surface area (Å²) in [5, 5.41) is 9.29. The molecule has 3 aromatic rings. The topological polar surface area (TPSA) is 104 Å². The minimum atomic E-state index is -0.848. The maximum Gasteiger partial charge on any atom is 0.304 e. The molecular weight excluding hydrogens is 477 g/mol. The van der Waals surface area contributed by atoms with Gasteiger partial charge >= 0.3 is 5.97 Å². The third-order valence-electron chi connectivity index (χ3n) is 6.01. The lowest BCUT2D eigenvalue weighted by atomic mass is 9.95. The first-order valence-corrected chi connectivity index (χ1v) is 12.2. The molecule has 0 spiro atoms. The lowest BCUT2D eigenvalue weighted by molar-refractivity contribution is -0.137. The Morgan fingerprint density at radius 1 is 1.14 bits per heavy atom. The molecule has 1 fully saturated rings. The van der Waals surface area contributed by atoms with E-state index in [0.717, 1.165) is 12.8 Å². The second-order valence-corrected chi connectivity index (χ2v) is 10.5. The van der Waals surface area contributed by atoms with Crippen molar-refractivity contribution in [2.24, 2.45) is 11.3 Å². The number of aromatic nitrogens is 3. The number of methoxy groups -OCH3 is 1. The number of hydrogen-bond acceptors (Lipinski definition) is 7. The van der Waals surface area contributed by atoms with Crippen molar-refractivity contribution in [1.29, 1.82) is 0 Å². The molecular formula is C28H32FN3O5. The summed E-state index contributed by atoms with van der Waals surface area (Å²) in [6, 6.07) is 7.97. The van der Waals surface area contributed by atoms with Crippen molar-refractivity contribution in [3.05, 3.63) is 59.9 Å². The summed E-state index contributed by atoms with van der Waals surface area (Å²) >= 11 is 0. The summed E-state index contributed by atoms with van der Waals surface area (Å²) in [6.07, 6.45) is 5.04. The minimum Gasteiger partial charge on any atom is -0.497 e. The lowest BCUT2D eigenvalue weighted by Crippen LogP contribution is -2.17. The van der Waals surface area contributed by atoms with Crippen molar-refractivity contribution < 1.29 is 28.5 Å². The highest BCUT2D eigenvalue weighted by atomic mass is 19.1. The predicted octanol–water partition coefficient (Wildman–Crippen LogP) is 5.66. The predicted molar refractivity (Wildman–Crippen MR) is 135 cm³/mol. The Kier molecular flexibility index (Phi) is 7.90. The van der Waals surface area contributed by atoms with Crippen molar-refractivity contribution >= 4 is 5.97 Å². The fraction of sp³-hybridized carbons (Fsp3) is 0.429. The molecule has 2 heterocycles. The molecule has 9 heteroatoms. The van der Waals surface area contributed by atoms with Crippen molar-refractivity contribution in [3.63, 3.8) is 0 Å². The van der Waals surface area contributed by atoms with Gasteiger partial charge in [0.15, 0.2) is 0 Å². The molecule has 1 aromatic carbocycles. The van der Waals surface area contributed by atoms with E-state index in [2.05, 4.69) is 15.0 Å². The molecule has 4 rings (SSSR count). The number of pyridine rings is 1. The average molecular weight is 510 g/mol. The number of halogens is 1. The molecule has 2 aromatic heterocycles. The highest BCUT2D eigenvalue weighted by molar-refractivity contribution is 5.69. The highest BCUT2D eigenvalue weighted by Gasteiger charge is 2.35. The third-order valence-corrected chi connectivity index (χ3v) is 6.01. The van der Waals surface area contributed by atoms with Crippen LogP contribution in [0, 0.1) is 17.2 Å². The second-order valence-electron chi connectivity index (χ2n) is 10.5. The Balaban J connectivity index is 1.56. The Morgan fingerprint density at radius 2 is 1.92 bits per heavy atom. The molecule has 1 aliphatic carbocycles. The number of carbonyl (C=O) groups is 1. The molecule has 1 aliphatic rings. The van der Waals surface area contributed by atoms with E-state index in [1.54, 1.807) is 30.5 Å². The van der Waals surface area contributed by atoms with Gasteiger partial charge in [0.2, 0.25) is 5.88 Å². The molecule has 0 bridgehead atoms. The second kappa shape index (κ2) is 11.1. The zero-order chi connectivity index (χ0) is 26.6.